The smallest absolute Gasteiger partial charge is 0.335 e. The summed E-state index contributed by atoms with van der Waals surface area (Å²) in [7, 11) is 0. The molecule has 2 aliphatic heterocycles. The van der Waals surface area contributed by atoms with E-state index in [0.29, 0.717) is 5.69 Å². The van der Waals surface area contributed by atoms with E-state index in [1.807, 2.05) is 37.3 Å². The van der Waals surface area contributed by atoms with Gasteiger partial charge in [0.15, 0.2) is 0 Å². The van der Waals surface area contributed by atoms with Crippen LogP contribution in [0.1, 0.15) is 57.7 Å². The zero-order valence-electron chi connectivity index (χ0n) is 20.4. The molecular weight excluding hydrogens is 426 g/mol. The third-order valence-corrected chi connectivity index (χ3v) is 6.46. The zero-order valence-corrected chi connectivity index (χ0v) is 20.4. The number of nitrogens with one attached hydrogen (secondary N) is 1. The van der Waals surface area contributed by atoms with Crippen LogP contribution in [0, 0.1) is 0 Å². The minimum absolute atomic E-state index is 0.0673. The summed E-state index contributed by atoms with van der Waals surface area (Å²) in [6.07, 6.45) is 5.69. The number of fused-ring (bicyclic) bond motifs is 1. The Morgan fingerprint density at radius 1 is 1.00 bits per heavy atom. The molecule has 34 heavy (non-hydrogen) atoms. The van der Waals surface area contributed by atoms with Crippen molar-refractivity contribution in [1.82, 2.24) is 5.32 Å². The summed E-state index contributed by atoms with van der Waals surface area (Å²) in [5.41, 5.74) is 5.47. The van der Waals surface area contributed by atoms with Crippen LogP contribution in [0.5, 0.6) is 0 Å². The molecule has 2 aliphatic rings. The third-order valence-electron chi connectivity index (χ3n) is 6.46. The number of carbonyl (C=O) groups is 3. The van der Waals surface area contributed by atoms with Gasteiger partial charge in [-0.15, -0.1) is 0 Å². The van der Waals surface area contributed by atoms with Gasteiger partial charge in [-0.2, -0.15) is 0 Å². The van der Waals surface area contributed by atoms with Crippen molar-refractivity contribution in [2.75, 3.05) is 16.3 Å². The second-order valence-electron chi connectivity index (χ2n) is 9.39. The fourth-order valence-electron chi connectivity index (χ4n) is 4.76. The molecule has 0 radical (unpaired) electrons. The molecule has 1 N–H and O–H groups in total. The van der Waals surface area contributed by atoms with Crippen molar-refractivity contribution in [2.24, 2.45) is 0 Å². The van der Waals surface area contributed by atoms with E-state index in [4.69, 9.17) is 0 Å². The minimum Gasteiger partial charge on any atom is -0.362 e. The van der Waals surface area contributed by atoms with E-state index in [2.05, 4.69) is 44.0 Å². The highest BCUT2D eigenvalue weighted by Gasteiger charge is 2.37. The molecule has 6 heteroatoms. The van der Waals surface area contributed by atoms with Crippen molar-refractivity contribution in [3.63, 3.8) is 0 Å². The molecule has 0 unspecified atom stereocenters. The number of allylic oxidation sites excluding steroid dienone is 1. The van der Waals surface area contributed by atoms with Crippen LogP contribution >= 0.6 is 0 Å². The SMILES string of the molecule is CCCN1c2ccc(/C=C3/C(=O)NC(=O)N(c4ccc(CC)cc4)C3=O)cc2C(C)=CC1(C)C. The first-order valence-electron chi connectivity index (χ1n) is 11.8. The molecule has 0 aromatic heterocycles. The summed E-state index contributed by atoms with van der Waals surface area (Å²) >= 11 is 0. The summed E-state index contributed by atoms with van der Waals surface area (Å²) in [5.74, 6) is -1.31. The maximum atomic E-state index is 13.2. The van der Waals surface area contributed by atoms with Gasteiger partial charge in [0, 0.05) is 17.8 Å². The second kappa shape index (κ2) is 8.93. The lowest BCUT2D eigenvalue weighted by atomic mass is 9.87. The van der Waals surface area contributed by atoms with Crippen molar-refractivity contribution < 1.29 is 14.4 Å². The van der Waals surface area contributed by atoms with Crippen LogP contribution < -0.4 is 15.1 Å². The molecule has 2 aromatic rings. The lowest BCUT2D eigenvalue weighted by Crippen LogP contribution is -2.54. The van der Waals surface area contributed by atoms with Gasteiger partial charge in [0.1, 0.15) is 5.57 Å². The largest absolute Gasteiger partial charge is 0.362 e. The fourth-order valence-corrected chi connectivity index (χ4v) is 4.76. The molecule has 176 valence electrons. The van der Waals surface area contributed by atoms with Gasteiger partial charge < -0.3 is 4.90 Å². The van der Waals surface area contributed by atoms with E-state index in [0.717, 1.165) is 52.2 Å². The summed E-state index contributed by atoms with van der Waals surface area (Å²) in [5, 5.41) is 2.30. The molecule has 0 aliphatic carbocycles. The average molecular weight is 458 g/mol. The number of barbiturate groups is 1. The Morgan fingerprint density at radius 3 is 2.35 bits per heavy atom. The number of nitrogens with zero attached hydrogens (tertiary/aromatic N) is 2. The Labute approximate surface area is 200 Å². The number of benzene rings is 2. The highest BCUT2D eigenvalue weighted by Crippen LogP contribution is 2.39. The summed E-state index contributed by atoms with van der Waals surface area (Å²) in [6, 6.07) is 12.4. The van der Waals surface area contributed by atoms with E-state index < -0.39 is 17.8 Å². The van der Waals surface area contributed by atoms with Crippen LogP contribution in [0.2, 0.25) is 0 Å². The number of rotatable bonds is 5. The molecule has 1 saturated heterocycles. The van der Waals surface area contributed by atoms with Crippen LogP contribution in [0.4, 0.5) is 16.2 Å². The van der Waals surface area contributed by atoms with Crippen molar-refractivity contribution >= 4 is 40.9 Å². The van der Waals surface area contributed by atoms with E-state index in [9.17, 15) is 14.4 Å². The number of hydrogen-bond donors (Lipinski definition) is 1. The van der Waals surface area contributed by atoms with Gasteiger partial charge in [0.25, 0.3) is 11.8 Å². The Bertz CT molecular complexity index is 1220. The van der Waals surface area contributed by atoms with Crippen LogP contribution in [0.3, 0.4) is 0 Å². The topological polar surface area (TPSA) is 69.7 Å². The molecule has 0 atom stereocenters. The molecule has 4 rings (SSSR count). The molecule has 4 amide bonds. The van der Waals surface area contributed by atoms with Gasteiger partial charge in [0.05, 0.1) is 11.2 Å². The highest BCUT2D eigenvalue weighted by atomic mass is 16.2. The predicted molar refractivity (Wildman–Crippen MR) is 137 cm³/mol. The standard InChI is InChI=1S/C28H31N3O3/c1-6-14-30-24-13-10-20(15-22(24)18(3)17-28(30,4)5)16-23-25(32)29-27(34)31(26(23)33)21-11-8-19(7-2)9-12-21/h8-13,15-17H,6-7,14H2,1-5H3,(H,29,32,34)/b23-16-. The summed E-state index contributed by atoms with van der Waals surface area (Å²) in [6.45, 7) is 11.6. The monoisotopic (exact) mass is 457 g/mol. The normalized spacial score (nSPS) is 18.7. The Hall–Kier alpha value is -3.67. The van der Waals surface area contributed by atoms with Gasteiger partial charge in [0.2, 0.25) is 0 Å². The predicted octanol–water partition coefficient (Wildman–Crippen LogP) is 5.33. The zero-order chi connectivity index (χ0) is 24.6. The minimum atomic E-state index is -0.738. The number of carbonyl (C=O) groups excluding carboxylic acids is 3. The highest BCUT2D eigenvalue weighted by molar-refractivity contribution is 6.39. The number of imide groups is 2. The molecule has 0 spiro atoms. The Morgan fingerprint density at radius 2 is 1.71 bits per heavy atom. The molecule has 0 saturated carbocycles. The quantitative estimate of drug-likeness (QED) is 0.487. The fraction of sp³-hybridized carbons (Fsp3) is 0.321. The summed E-state index contributed by atoms with van der Waals surface area (Å²) < 4.78 is 0. The second-order valence-corrected chi connectivity index (χ2v) is 9.39. The van der Waals surface area contributed by atoms with E-state index >= 15 is 0 Å². The molecule has 1 fully saturated rings. The lowest BCUT2D eigenvalue weighted by Gasteiger charge is -2.43. The summed E-state index contributed by atoms with van der Waals surface area (Å²) in [4.78, 5) is 41.7. The maximum absolute atomic E-state index is 13.2. The molecule has 2 heterocycles. The van der Waals surface area contributed by atoms with Crippen LogP contribution in [0.25, 0.3) is 11.6 Å². The first-order chi connectivity index (χ1) is 16.2. The van der Waals surface area contributed by atoms with Gasteiger partial charge >= 0.3 is 6.03 Å². The number of amides is 4. The van der Waals surface area contributed by atoms with Crippen molar-refractivity contribution in [3.05, 3.63) is 70.8 Å². The third kappa shape index (κ3) is 4.16. The van der Waals surface area contributed by atoms with Gasteiger partial charge in [-0.3, -0.25) is 14.9 Å². The first kappa shape index (κ1) is 23.5. The first-order valence-corrected chi connectivity index (χ1v) is 11.8. The molecule has 6 nitrogen and oxygen atoms in total. The number of hydrogen-bond acceptors (Lipinski definition) is 4. The van der Waals surface area contributed by atoms with E-state index in [1.165, 1.54) is 0 Å². The lowest BCUT2D eigenvalue weighted by molar-refractivity contribution is -0.122. The van der Waals surface area contributed by atoms with Crippen molar-refractivity contribution in [2.45, 2.75) is 53.0 Å². The van der Waals surface area contributed by atoms with E-state index in [-0.39, 0.29) is 11.1 Å². The van der Waals surface area contributed by atoms with E-state index in [1.54, 1.807) is 18.2 Å². The van der Waals surface area contributed by atoms with Gasteiger partial charge in [-0.25, -0.2) is 9.69 Å². The van der Waals surface area contributed by atoms with Crippen molar-refractivity contribution in [1.29, 1.82) is 0 Å². The number of aryl methyl sites for hydroxylation is 1. The van der Waals surface area contributed by atoms with Crippen molar-refractivity contribution in [3.8, 4) is 0 Å². The molecule has 0 bridgehead atoms. The Balaban J connectivity index is 1.72. The van der Waals surface area contributed by atoms with Gasteiger partial charge in [-0.1, -0.05) is 38.1 Å². The maximum Gasteiger partial charge on any atom is 0.335 e. The number of anilines is 2. The Kier molecular flexibility index (Phi) is 6.17. The van der Waals surface area contributed by atoms with Crippen LogP contribution in [-0.4, -0.2) is 29.9 Å². The van der Waals surface area contributed by atoms with Crippen LogP contribution in [0.15, 0.2) is 54.1 Å². The van der Waals surface area contributed by atoms with Crippen LogP contribution in [-0.2, 0) is 16.0 Å². The number of urea groups is 1. The molecular formula is C28H31N3O3. The average Bonchev–Trinajstić information content (AvgIpc) is 2.79. The van der Waals surface area contributed by atoms with Gasteiger partial charge in [-0.05, 0) is 80.7 Å². The molecule has 2 aromatic carbocycles.